The Kier molecular flexibility index (Phi) is 3.23. The topological polar surface area (TPSA) is 75.1 Å². The Morgan fingerprint density at radius 1 is 1.28 bits per heavy atom. The number of aromatic carboxylic acids is 1. The van der Waals surface area contributed by atoms with Crippen molar-refractivity contribution >= 4 is 17.5 Å². The first-order chi connectivity index (χ1) is 8.58. The van der Waals surface area contributed by atoms with Crippen molar-refractivity contribution in [2.24, 2.45) is 0 Å². The molecule has 0 aliphatic heterocycles. The Balaban J connectivity index is 2.31. The molecule has 0 aliphatic carbocycles. The molecule has 2 rings (SSSR count). The monoisotopic (exact) mass is 243 g/mol. The summed E-state index contributed by atoms with van der Waals surface area (Å²) in [6, 6.07) is 7.28. The highest BCUT2D eigenvalue weighted by Gasteiger charge is 2.07. The molecule has 0 unspecified atom stereocenters. The van der Waals surface area contributed by atoms with Gasteiger partial charge in [-0.25, -0.2) is 14.8 Å². The predicted molar refractivity (Wildman–Crippen MR) is 68.2 cm³/mol. The lowest BCUT2D eigenvalue weighted by Gasteiger charge is -2.10. The second-order valence-electron chi connectivity index (χ2n) is 3.97. The zero-order chi connectivity index (χ0) is 13.1. The maximum absolute atomic E-state index is 10.8. The van der Waals surface area contributed by atoms with Crippen LogP contribution < -0.4 is 5.32 Å². The lowest BCUT2D eigenvalue weighted by atomic mass is 10.1. The fourth-order valence-corrected chi connectivity index (χ4v) is 1.57. The molecule has 0 atom stereocenters. The zero-order valence-electron chi connectivity index (χ0n) is 10.1. The predicted octanol–water partition coefficient (Wildman–Crippen LogP) is 2.54. The summed E-state index contributed by atoms with van der Waals surface area (Å²) in [5.74, 6) is -0.600. The van der Waals surface area contributed by atoms with Crippen molar-refractivity contribution in [1.29, 1.82) is 0 Å². The van der Waals surface area contributed by atoms with Gasteiger partial charge in [-0.1, -0.05) is 12.1 Å². The molecular formula is C13H13N3O2. The van der Waals surface area contributed by atoms with Crippen LogP contribution in [0.25, 0.3) is 0 Å². The van der Waals surface area contributed by atoms with E-state index in [-0.39, 0.29) is 5.69 Å². The van der Waals surface area contributed by atoms with Crippen molar-refractivity contribution in [3.63, 3.8) is 0 Å². The van der Waals surface area contributed by atoms with E-state index in [1.54, 1.807) is 0 Å². The largest absolute Gasteiger partial charge is 0.477 e. The molecule has 0 fully saturated rings. The minimum atomic E-state index is -1.07. The first-order valence-electron chi connectivity index (χ1n) is 5.46. The lowest BCUT2D eigenvalue weighted by Crippen LogP contribution is -2.03. The van der Waals surface area contributed by atoms with E-state index in [0.717, 1.165) is 16.8 Å². The molecule has 1 aromatic heterocycles. The molecule has 92 valence electrons. The molecule has 0 aliphatic rings. The third-order valence-electron chi connectivity index (χ3n) is 2.75. The van der Waals surface area contributed by atoms with E-state index in [1.165, 1.54) is 12.4 Å². The van der Waals surface area contributed by atoms with Crippen LogP contribution in [0.15, 0.2) is 30.6 Å². The van der Waals surface area contributed by atoms with Gasteiger partial charge >= 0.3 is 5.97 Å². The number of benzene rings is 1. The average molecular weight is 243 g/mol. The van der Waals surface area contributed by atoms with E-state index < -0.39 is 5.97 Å². The highest BCUT2D eigenvalue weighted by Crippen LogP contribution is 2.21. The summed E-state index contributed by atoms with van der Waals surface area (Å²) in [5.41, 5.74) is 3.14. The summed E-state index contributed by atoms with van der Waals surface area (Å²) in [4.78, 5) is 18.5. The van der Waals surface area contributed by atoms with Gasteiger partial charge in [-0.2, -0.15) is 0 Å². The quantitative estimate of drug-likeness (QED) is 0.866. The van der Waals surface area contributed by atoms with E-state index in [9.17, 15) is 4.79 Å². The van der Waals surface area contributed by atoms with Gasteiger partial charge in [0, 0.05) is 11.8 Å². The number of carboxylic acids is 1. The minimum absolute atomic E-state index is 0.0298. The Morgan fingerprint density at radius 2 is 2.06 bits per heavy atom. The molecule has 2 aromatic rings. The van der Waals surface area contributed by atoms with Crippen LogP contribution in [0.3, 0.4) is 0 Å². The maximum Gasteiger partial charge on any atom is 0.354 e. The highest BCUT2D eigenvalue weighted by atomic mass is 16.4. The van der Waals surface area contributed by atoms with E-state index >= 15 is 0 Å². The van der Waals surface area contributed by atoms with Crippen molar-refractivity contribution in [3.05, 3.63) is 47.4 Å². The summed E-state index contributed by atoms with van der Waals surface area (Å²) in [6.07, 6.45) is 1.23. The van der Waals surface area contributed by atoms with Crippen LogP contribution in [-0.2, 0) is 0 Å². The number of aromatic nitrogens is 2. The van der Waals surface area contributed by atoms with Crippen molar-refractivity contribution in [3.8, 4) is 0 Å². The number of rotatable bonds is 3. The number of nitrogens with one attached hydrogen (secondary N) is 1. The minimum Gasteiger partial charge on any atom is -0.477 e. The third kappa shape index (κ3) is 2.45. The number of carbonyl (C=O) groups is 1. The van der Waals surface area contributed by atoms with Gasteiger partial charge in [-0.05, 0) is 31.0 Å². The van der Waals surface area contributed by atoms with Crippen LogP contribution in [0.1, 0.15) is 21.6 Å². The van der Waals surface area contributed by atoms with Crippen molar-refractivity contribution in [1.82, 2.24) is 9.97 Å². The summed E-state index contributed by atoms with van der Waals surface area (Å²) in [6.45, 7) is 4.01. The Labute approximate surface area is 105 Å². The fourth-order valence-electron chi connectivity index (χ4n) is 1.57. The molecule has 0 amide bonds. The normalized spacial score (nSPS) is 10.1. The van der Waals surface area contributed by atoms with Gasteiger partial charge in [0.15, 0.2) is 5.69 Å². The van der Waals surface area contributed by atoms with E-state index in [4.69, 9.17) is 5.11 Å². The summed E-state index contributed by atoms with van der Waals surface area (Å²) >= 11 is 0. The Bertz CT molecular complexity index is 597. The highest BCUT2D eigenvalue weighted by molar-refractivity contribution is 5.86. The van der Waals surface area contributed by atoms with Crippen molar-refractivity contribution < 1.29 is 9.90 Å². The molecule has 1 aromatic carbocycles. The van der Waals surface area contributed by atoms with Crippen LogP contribution in [0, 0.1) is 13.8 Å². The number of nitrogens with zero attached hydrogens (tertiary/aromatic N) is 2. The number of aryl methyl sites for hydroxylation is 1. The molecule has 5 nitrogen and oxygen atoms in total. The Hall–Kier alpha value is -2.43. The molecule has 18 heavy (non-hydrogen) atoms. The molecule has 0 bridgehead atoms. The summed E-state index contributed by atoms with van der Waals surface area (Å²) in [7, 11) is 0. The van der Waals surface area contributed by atoms with Crippen molar-refractivity contribution in [2.75, 3.05) is 5.32 Å². The standard InChI is InChI=1S/C13H13N3O2/c1-8-4-3-5-10(9(8)2)16-12-6-11(13(17)18)14-7-15-12/h3-7H,1-2H3,(H,17,18)(H,14,15,16). The number of carboxylic acid groups (broad SMARTS) is 1. The van der Waals surface area contributed by atoms with E-state index in [1.807, 2.05) is 32.0 Å². The van der Waals surface area contributed by atoms with Gasteiger partial charge in [-0.15, -0.1) is 0 Å². The van der Waals surface area contributed by atoms with Gasteiger partial charge in [-0.3, -0.25) is 0 Å². The smallest absolute Gasteiger partial charge is 0.354 e. The third-order valence-corrected chi connectivity index (χ3v) is 2.75. The molecule has 0 radical (unpaired) electrons. The van der Waals surface area contributed by atoms with Crippen LogP contribution in [0.5, 0.6) is 0 Å². The fraction of sp³-hybridized carbons (Fsp3) is 0.154. The maximum atomic E-state index is 10.8. The van der Waals surface area contributed by atoms with Crippen LogP contribution in [0.4, 0.5) is 11.5 Å². The van der Waals surface area contributed by atoms with Gasteiger partial charge in [0.25, 0.3) is 0 Å². The molecule has 0 spiro atoms. The van der Waals surface area contributed by atoms with Gasteiger partial charge in [0.1, 0.15) is 12.1 Å². The SMILES string of the molecule is Cc1cccc(Nc2cc(C(=O)O)ncn2)c1C. The number of hydrogen-bond acceptors (Lipinski definition) is 4. The summed E-state index contributed by atoms with van der Waals surface area (Å²) in [5, 5.41) is 11.9. The molecular weight excluding hydrogens is 230 g/mol. The molecule has 1 heterocycles. The zero-order valence-corrected chi connectivity index (χ0v) is 10.1. The first kappa shape index (κ1) is 12.0. The van der Waals surface area contributed by atoms with Crippen LogP contribution >= 0.6 is 0 Å². The Morgan fingerprint density at radius 3 is 2.78 bits per heavy atom. The van der Waals surface area contributed by atoms with Crippen LogP contribution in [0.2, 0.25) is 0 Å². The van der Waals surface area contributed by atoms with E-state index in [2.05, 4.69) is 15.3 Å². The molecule has 0 saturated carbocycles. The molecule has 2 N–H and O–H groups in total. The average Bonchev–Trinajstić information content (AvgIpc) is 2.35. The second kappa shape index (κ2) is 4.83. The van der Waals surface area contributed by atoms with Gasteiger partial charge < -0.3 is 10.4 Å². The molecule has 0 saturated heterocycles. The van der Waals surface area contributed by atoms with E-state index in [0.29, 0.717) is 5.82 Å². The lowest BCUT2D eigenvalue weighted by molar-refractivity contribution is 0.0690. The first-order valence-corrected chi connectivity index (χ1v) is 5.46. The number of hydrogen-bond donors (Lipinski definition) is 2. The van der Waals surface area contributed by atoms with Gasteiger partial charge in [0.2, 0.25) is 0 Å². The van der Waals surface area contributed by atoms with Crippen molar-refractivity contribution in [2.45, 2.75) is 13.8 Å². The van der Waals surface area contributed by atoms with Gasteiger partial charge in [0.05, 0.1) is 0 Å². The van der Waals surface area contributed by atoms with Crippen LogP contribution in [-0.4, -0.2) is 21.0 Å². The second-order valence-corrected chi connectivity index (χ2v) is 3.97. The summed E-state index contributed by atoms with van der Waals surface area (Å²) < 4.78 is 0. The molecule has 5 heteroatoms. The number of anilines is 2.